The van der Waals surface area contributed by atoms with Gasteiger partial charge in [0.1, 0.15) is 0 Å². The summed E-state index contributed by atoms with van der Waals surface area (Å²) >= 11 is 0. The predicted molar refractivity (Wildman–Crippen MR) is 67.4 cm³/mol. The van der Waals surface area contributed by atoms with E-state index >= 15 is 0 Å². The van der Waals surface area contributed by atoms with E-state index in [4.69, 9.17) is 0 Å². The SMILES string of the molecule is Cc1cccc(CC(O)C2CCC(C)C2)c1. The Labute approximate surface area is 98.5 Å². The fourth-order valence-corrected chi connectivity index (χ4v) is 2.85. The first kappa shape index (κ1) is 11.7. The minimum Gasteiger partial charge on any atom is -0.392 e. The molecule has 0 aromatic heterocycles. The van der Waals surface area contributed by atoms with Gasteiger partial charge in [0.2, 0.25) is 0 Å². The highest BCUT2D eigenvalue weighted by Gasteiger charge is 2.27. The van der Waals surface area contributed by atoms with Gasteiger partial charge in [-0.05, 0) is 43.6 Å². The second kappa shape index (κ2) is 5.01. The lowest BCUT2D eigenvalue weighted by Crippen LogP contribution is -2.20. The fourth-order valence-electron chi connectivity index (χ4n) is 2.85. The van der Waals surface area contributed by atoms with Crippen LogP contribution in [-0.4, -0.2) is 11.2 Å². The highest BCUT2D eigenvalue weighted by Crippen LogP contribution is 2.33. The van der Waals surface area contributed by atoms with Crippen LogP contribution in [-0.2, 0) is 6.42 Å². The standard InChI is InChI=1S/C15H22O/c1-11-4-3-5-13(8-11)10-15(16)14-7-6-12(2)9-14/h3-5,8,12,14-16H,6-7,9-10H2,1-2H3. The number of aryl methyl sites for hydroxylation is 1. The van der Waals surface area contributed by atoms with Crippen LogP contribution < -0.4 is 0 Å². The van der Waals surface area contributed by atoms with Crippen LogP contribution in [0.4, 0.5) is 0 Å². The lowest BCUT2D eigenvalue weighted by Gasteiger charge is -2.18. The van der Waals surface area contributed by atoms with Gasteiger partial charge in [0, 0.05) is 0 Å². The molecule has 0 radical (unpaired) electrons. The quantitative estimate of drug-likeness (QED) is 0.825. The maximum Gasteiger partial charge on any atom is 0.0608 e. The molecular weight excluding hydrogens is 196 g/mol. The average Bonchev–Trinajstić information content (AvgIpc) is 2.65. The predicted octanol–water partition coefficient (Wildman–Crippen LogP) is 3.33. The van der Waals surface area contributed by atoms with Crippen molar-refractivity contribution in [1.82, 2.24) is 0 Å². The minimum absolute atomic E-state index is 0.147. The van der Waals surface area contributed by atoms with E-state index in [0.717, 1.165) is 12.3 Å². The van der Waals surface area contributed by atoms with E-state index in [9.17, 15) is 5.11 Å². The van der Waals surface area contributed by atoms with E-state index in [1.54, 1.807) is 0 Å². The van der Waals surface area contributed by atoms with Crippen LogP contribution in [0.3, 0.4) is 0 Å². The largest absolute Gasteiger partial charge is 0.392 e. The number of benzene rings is 1. The Kier molecular flexibility index (Phi) is 3.65. The summed E-state index contributed by atoms with van der Waals surface area (Å²) in [7, 11) is 0. The molecule has 1 N–H and O–H groups in total. The van der Waals surface area contributed by atoms with Crippen LogP contribution in [0.15, 0.2) is 24.3 Å². The molecular formula is C15H22O. The van der Waals surface area contributed by atoms with Crippen molar-refractivity contribution in [2.45, 2.75) is 45.6 Å². The van der Waals surface area contributed by atoms with E-state index in [1.807, 2.05) is 0 Å². The van der Waals surface area contributed by atoms with Crippen LogP contribution in [0.25, 0.3) is 0 Å². The van der Waals surface area contributed by atoms with Gasteiger partial charge in [-0.25, -0.2) is 0 Å². The molecule has 0 spiro atoms. The molecule has 1 aliphatic carbocycles. The summed E-state index contributed by atoms with van der Waals surface area (Å²) in [6, 6.07) is 8.48. The summed E-state index contributed by atoms with van der Waals surface area (Å²) in [6.07, 6.45) is 4.36. The molecule has 16 heavy (non-hydrogen) atoms. The van der Waals surface area contributed by atoms with Crippen LogP contribution >= 0.6 is 0 Å². The molecule has 0 heterocycles. The third-order valence-electron chi connectivity index (χ3n) is 3.81. The second-order valence-electron chi connectivity index (χ2n) is 5.44. The van der Waals surface area contributed by atoms with E-state index < -0.39 is 0 Å². The monoisotopic (exact) mass is 218 g/mol. The molecule has 0 bridgehead atoms. The lowest BCUT2D eigenvalue weighted by molar-refractivity contribution is 0.109. The van der Waals surface area contributed by atoms with Crippen LogP contribution in [0.1, 0.15) is 37.3 Å². The van der Waals surface area contributed by atoms with Gasteiger partial charge in [-0.1, -0.05) is 43.2 Å². The van der Waals surface area contributed by atoms with E-state index in [2.05, 4.69) is 38.1 Å². The molecule has 2 rings (SSSR count). The van der Waals surface area contributed by atoms with Crippen molar-refractivity contribution in [3.63, 3.8) is 0 Å². The summed E-state index contributed by atoms with van der Waals surface area (Å²) in [6.45, 7) is 4.40. The fraction of sp³-hybridized carbons (Fsp3) is 0.600. The van der Waals surface area contributed by atoms with E-state index in [0.29, 0.717) is 5.92 Å². The van der Waals surface area contributed by atoms with Crippen molar-refractivity contribution in [1.29, 1.82) is 0 Å². The van der Waals surface area contributed by atoms with Gasteiger partial charge in [0.05, 0.1) is 6.10 Å². The molecule has 88 valence electrons. The number of rotatable bonds is 3. The zero-order chi connectivity index (χ0) is 11.5. The van der Waals surface area contributed by atoms with Gasteiger partial charge >= 0.3 is 0 Å². The minimum atomic E-state index is -0.147. The van der Waals surface area contributed by atoms with Crippen LogP contribution in [0.5, 0.6) is 0 Å². The first-order valence-corrected chi connectivity index (χ1v) is 6.39. The van der Waals surface area contributed by atoms with Crippen LogP contribution in [0.2, 0.25) is 0 Å². The maximum atomic E-state index is 10.2. The Morgan fingerprint density at radius 3 is 2.81 bits per heavy atom. The van der Waals surface area contributed by atoms with Crippen LogP contribution in [0, 0.1) is 18.8 Å². The molecule has 1 heteroatoms. The number of aliphatic hydroxyl groups is 1. The first-order valence-electron chi connectivity index (χ1n) is 6.39. The van der Waals surface area contributed by atoms with Crippen molar-refractivity contribution in [3.05, 3.63) is 35.4 Å². The molecule has 1 nitrogen and oxygen atoms in total. The third-order valence-corrected chi connectivity index (χ3v) is 3.81. The molecule has 0 amide bonds. The molecule has 1 aromatic carbocycles. The molecule has 1 saturated carbocycles. The topological polar surface area (TPSA) is 20.2 Å². The summed E-state index contributed by atoms with van der Waals surface area (Å²) in [4.78, 5) is 0. The van der Waals surface area contributed by atoms with E-state index in [1.165, 1.54) is 30.4 Å². The Bertz CT molecular complexity index is 345. The smallest absolute Gasteiger partial charge is 0.0608 e. The third kappa shape index (κ3) is 2.85. The Balaban J connectivity index is 1.94. The molecule has 3 atom stereocenters. The van der Waals surface area contributed by atoms with Crippen molar-refractivity contribution in [3.8, 4) is 0 Å². The Morgan fingerprint density at radius 2 is 2.19 bits per heavy atom. The number of aliphatic hydroxyl groups excluding tert-OH is 1. The van der Waals surface area contributed by atoms with Crippen molar-refractivity contribution in [2.75, 3.05) is 0 Å². The summed E-state index contributed by atoms with van der Waals surface area (Å²) < 4.78 is 0. The van der Waals surface area contributed by atoms with E-state index in [-0.39, 0.29) is 6.10 Å². The normalized spacial score (nSPS) is 26.9. The van der Waals surface area contributed by atoms with Crippen molar-refractivity contribution < 1.29 is 5.11 Å². The lowest BCUT2D eigenvalue weighted by atomic mass is 9.93. The average molecular weight is 218 g/mol. The van der Waals surface area contributed by atoms with Gasteiger partial charge in [0.15, 0.2) is 0 Å². The van der Waals surface area contributed by atoms with Gasteiger partial charge in [-0.15, -0.1) is 0 Å². The summed E-state index contributed by atoms with van der Waals surface area (Å²) in [5.41, 5.74) is 2.55. The van der Waals surface area contributed by atoms with Gasteiger partial charge in [-0.3, -0.25) is 0 Å². The van der Waals surface area contributed by atoms with Gasteiger partial charge in [-0.2, -0.15) is 0 Å². The highest BCUT2D eigenvalue weighted by molar-refractivity contribution is 5.22. The number of hydrogen-bond donors (Lipinski definition) is 1. The van der Waals surface area contributed by atoms with Gasteiger partial charge < -0.3 is 5.11 Å². The molecule has 0 saturated heterocycles. The van der Waals surface area contributed by atoms with Gasteiger partial charge in [0.25, 0.3) is 0 Å². The maximum absolute atomic E-state index is 10.2. The zero-order valence-electron chi connectivity index (χ0n) is 10.3. The van der Waals surface area contributed by atoms with Crippen molar-refractivity contribution in [2.24, 2.45) is 11.8 Å². The molecule has 1 aliphatic rings. The Hall–Kier alpha value is -0.820. The molecule has 0 aliphatic heterocycles. The second-order valence-corrected chi connectivity index (χ2v) is 5.44. The summed E-state index contributed by atoms with van der Waals surface area (Å²) in [5, 5.41) is 10.2. The highest BCUT2D eigenvalue weighted by atomic mass is 16.3. The Morgan fingerprint density at radius 1 is 1.38 bits per heavy atom. The first-order chi connectivity index (χ1) is 7.65. The zero-order valence-corrected chi connectivity index (χ0v) is 10.3. The molecule has 3 unspecified atom stereocenters. The molecule has 1 aromatic rings. The molecule has 1 fully saturated rings. The summed E-state index contributed by atoms with van der Waals surface area (Å²) in [5.74, 6) is 1.33. The number of hydrogen-bond acceptors (Lipinski definition) is 1. The van der Waals surface area contributed by atoms with Crippen molar-refractivity contribution >= 4 is 0 Å².